The zero-order valence-corrected chi connectivity index (χ0v) is 13.6. The molecule has 2 amide bonds. The summed E-state index contributed by atoms with van der Waals surface area (Å²) in [6, 6.07) is 11.8. The molecule has 1 heterocycles. The fourth-order valence-electron chi connectivity index (χ4n) is 2.18. The molecule has 2 aromatic rings. The summed E-state index contributed by atoms with van der Waals surface area (Å²) in [6.45, 7) is 1.64. The van der Waals surface area contributed by atoms with Gasteiger partial charge in [-0.3, -0.25) is 9.59 Å². The van der Waals surface area contributed by atoms with Crippen LogP contribution < -0.4 is 20.1 Å². The average molecular weight is 347 g/mol. The fourth-order valence-corrected chi connectivity index (χ4v) is 2.30. The highest BCUT2D eigenvalue weighted by Gasteiger charge is 2.18. The molecule has 0 saturated carbocycles. The van der Waals surface area contributed by atoms with Crippen LogP contribution in [0.5, 0.6) is 11.5 Å². The average Bonchev–Trinajstić information content (AvgIpc) is 2.56. The van der Waals surface area contributed by atoms with E-state index in [1.807, 2.05) is 0 Å². The first kappa shape index (κ1) is 16.1. The van der Waals surface area contributed by atoms with Crippen molar-refractivity contribution >= 4 is 34.8 Å². The molecule has 2 N–H and O–H groups in total. The largest absolute Gasteiger partial charge is 0.482 e. The Bertz CT molecular complexity index is 777. The van der Waals surface area contributed by atoms with Crippen LogP contribution in [0, 0.1) is 0 Å². The second kappa shape index (κ2) is 6.80. The van der Waals surface area contributed by atoms with E-state index in [1.54, 1.807) is 49.4 Å². The van der Waals surface area contributed by atoms with Crippen LogP contribution >= 0.6 is 11.6 Å². The van der Waals surface area contributed by atoms with Crippen LogP contribution in [0.2, 0.25) is 5.02 Å². The van der Waals surface area contributed by atoms with E-state index in [-0.39, 0.29) is 18.4 Å². The summed E-state index contributed by atoms with van der Waals surface area (Å²) in [6.07, 6.45) is -0.701. The van der Waals surface area contributed by atoms with Gasteiger partial charge in [0.2, 0.25) is 0 Å². The van der Waals surface area contributed by atoms with Gasteiger partial charge in [0, 0.05) is 10.7 Å². The highest BCUT2D eigenvalue weighted by Crippen LogP contribution is 2.30. The number of hydrogen-bond donors (Lipinski definition) is 2. The smallest absolute Gasteiger partial charge is 0.265 e. The van der Waals surface area contributed by atoms with Crippen molar-refractivity contribution in [2.24, 2.45) is 0 Å². The van der Waals surface area contributed by atoms with Gasteiger partial charge in [-0.05, 0) is 49.4 Å². The van der Waals surface area contributed by atoms with Crippen molar-refractivity contribution in [2.75, 3.05) is 17.2 Å². The van der Waals surface area contributed by atoms with E-state index in [0.29, 0.717) is 27.9 Å². The number of anilines is 2. The molecule has 0 bridgehead atoms. The molecule has 0 fully saturated rings. The first-order valence-corrected chi connectivity index (χ1v) is 7.69. The number of benzene rings is 2. The van der Waals surface area contributed by atoms with Gasteiger partial charge in [0.25, 0.3) is 11.8 Å². The molecular weight excluding hydrogens is 332 g/mol. The van der Waals surface area contributed by atoms with Crippen molar-refractivity contribution < 1.29 is 19.1 Å². The van der Waals surface area contributed by atoms with Crippen LogP contribution in [0.1, 0.15) is 6.92 Å². The number of ether oxygens (including phenoxy) is 2. The van der Waals surface area contributed by atoms with Crippen LogP contribution in [-0.4, -0.2) is 24.5 Å². The van der Waals surface area contributed by atoms with Gasteiger partial charge in [0.05, 0.1) is 5.69 Å². The van der Waals surface area contributed by atoms with Gasteiger partial charge in [-0.1, -0.05) is 11.6 Å². The number of rotatable bonds is 4. The van der Waals surface area contributed by atoms with Gasteiger partial charge in [-0.25, -0.2) is 0 Å². The van der Waals surface area contributed by atoms with Crippen LogP contribution in [0.25, 0.3) is 0 Å². The Balaban J connectivity index is 1.64. The number of carbonyl (C=O) groups excluding carboxylic acids is 2. The zero-order chi connectivity index (χ0) is 17.1. The molecule has 24 heavy (non-hydrogen) atoms. The Kier molecular flexibility index (Phi) is 4.57. The SMILES string of the molecule is CC(Oc1ccc(Cl)cc1)C(=O)Nc1ccc2c(c1)NC(=O)CO2. The molecule has 0 aliphatic carbocycles. The molecule has 7 heteroatoms. The Morgan fingerprint density at radius 2 is 2.04 bits per heavy atom. The Hall–Kier alpha value is -2.73. The van der Waals surface area contributed by atoms with E-state index in [0.717, 1.165) is 0 Å². The van der Waals surface area contributed by atoms with Crippen molar-refractivity contribution in [3.63, 3.8) is 0 Å². The molecular formula is C17H15ClN2O4. The molecule has 1 aliphatic rings. The number of fused-ring (bicyclic) bond motifs is 1. The van der Waals surface area contributed by atoms with Crippen LogP contribution in [0.3, 0.4) is 0 Å². The number of halogens is 1. The molecule has 124 valence electrons. The summed E-state index contributed by atoms with van der Waals surface area (Å²) in [7, 11) is 0. The lowest BCUT2D eigenvalue weighted by molar-refractivity contribution is -0.122. The van der Waals surface area contributed by atoms with Crippen molar-refractivity contribution in [3.05, 3.63) is 47.5 Å². The molecule has 3 rings (SSSR count). The maximum absolute atomic E-state index is 12.2. The molecule has 6 nitrogen and oxygen atoms in total. The standard InChI is InChI=1S/C17H15ClN2O4/c1-10(24-13-5-2-11(18)3-6-13)17(22)19-12-4-7-15-14(8-12)20-16(21)9-23-15/h2-8,10H,9H2,1H3,(H,19,22)(H,20,21). The second-order valence-corrected chi connectivity index (χ2v) is 5.69. The number of amides is 2. The normalized spacial score (nSPS) is 14.0. The fraction of sp³-hybridized carbons (Fsp3) is 0.176. The molecule has 1 unspecified atom stereocenters. The summed E-state index contributed by atoms with van der Waals surface area (Å²) in [5, 5.41) is 6.03. The third-order valence-electron chi connectivity index (χ3n) is 3.38. The Morgan fingerprint density at radius 3 is 2.79 bits per heavy atom. The predicted molar refractivity (Wildman–Crippen MR) is 90.7 cm³/mol. The van der Waals surface area contributed by atoms with E-state index < -0.39 is 6.10 Å². The van der Waals surface area contributed by atoms with E-state index >= 15 is 0 Å². The number of nitrogens with one attached hydrogen (secondary N) is 2. The van der Waals surface area contributed by atoms with Gasteiger partial charge in [0.15, 0.2) is 12.7 Å². The first-order chi connectivity index (χ1) is 11.5. The molecule has 1 atom stereocenters. The monoisotopic (exact) mass is 346 g/mol. The van der Waals surface area contributed by atoms with Crippen molar-refractivity contribution in [3.8, 4) is 11.5 Å². The summed E-state index contributed by atoms with van der Waals surface area (Å²) in [5.41, 5.74) is 1.06. The lowest BCUT2D eigenvalue weighted by Gasteiger charge is -2.19. The molecule has 2 aromatic carbocycles. The lowest BCUT2D eigenvalue weighted by atomic mass is 10.2. The molecule has 0 radical (unpaired) electrons. The van der Waals surface area contributed by atoms with Crippen LogP contribution in [-0.2, 0) is 9.59 Å². The summed E-state index contributed by atoms with van der Waals surface area (Å²) < 4.78 is 10.8. The predicted octanol–water partition coefficient (Wildman–Crippen LogP) is 3.08. The third kappa shape index (κ3) is 3.78. The molecule has 0 saturated heterocycles. The van der Waals surface area contributed by atoms with Gasteiger partial charge in [-0.2, -0.15) is 0 Å². The zero-order valence-electron chi connectivity index (χ0n) is 12.8. The minimum atomic E-state index is -0.701. The molecule has 0 aromatic heterocycles. The number of hydrogen-bond acceptors (Lipinski definition) is 4. The maximum atomic E-state index is 12.2. The van der Waals surface area contributed by atoms with E-state index in [4.69, 9.17) is 21.1 Å². The second-order valence-electron chi connectivity index (χ2n) is 5.25. The van der Waals surface area contributed by atoms with E-state index in [1.165, 1.54) is 0 Å². The number of carbonyl (C=O) groups is 2. The summed E-state index contributed by atoms with van der Waals surface area (Å²) in [5.74, 6) is 0.574. The third-order valence-corrected chi connectivity index (χ3v) is 3.63. The molecule has 0 spiro atoms. The quantitative estimate of drug-likeness (QED) is 0.892. The van der Waals surface area contributed by atoms with Crippen LogP contribution in [0.4, 0.5) is 11.4 Å². The van der Waals surface area contributed by atoms with Crippen molar-refractivity contribution in [1.29, 1.82) is 0 Å². The Morgan fingerprint density at radius 1 is 1.29 bits per heavy atom. The van der Waals surface area contributed by atoms with Gasteiger partial charge < -0.3 is 20.1 Å². The maximum Gasteiger partial charge on any atom is 0.265 e. The lowest BCUT2D eigenvalue weighted by Crippen LogP contribution is -2.30. The Labute approximate surface area is 143 Å². The van der Waals surface area contributed by atoms with Crippen LogP contribution in [0.15, 0.2) is 42.5 Å². The minimum Gasteiger partial charge on any atom is -0.482 e. The van der Waals surface area contributed by atoms with E-state index in [9.17, 15) is 9.59 Å². The van der Waals surface area contributed by atoms with Gasteiger partial charge in [0.1, 0.15) is 11.5 Å². The van der Waals surface area contributed by atoms with Gasteiger partial charge >= 0.3 is 0 Å². The minimum absolute atomic E-state index is 0.00925. The molecule has 1 aliphatic heterocycles. The topological polar surface area (TPSA) is 76.7 Å². The highest BCUT2D eigenvalue weighted by molar-refractivity contribution is 6.30. The van der Waals surface area contributed by atoms with Crippen molar-refractivity contribution in [2.45, 2.75) is 13.0 Å². The summed E-state index contributed by atoms with van der Waals surface area (Å²) >= 11 is 5.81. The summed E-state index contributed by atoms with van der Waals surface area (Å²) in [4.78, 5) is 23.6. The van der Waals surface area contributed by atoms with E-state index in [2.05, 4.69) is 10.6 Å². The van der Waals surface area contributed by atoms with Crippen molar-refractivity contribution in [1.82, 2.24) is 0 Å². The van der Waals surface area contributed by atoms with Gasteiger partial charge in [-0.15, -0.1) is 0 Å². The first-order valence-electron chi connectivity index (χ1n) is 7.31. The highest BCUT2D eigenvalue weighted by atomic mass is 35.5.